The Kier molecular flexibility index (Phi) is 4.42. The van der Waals surface area contributed by atoms with Gasteiger partial charge in [-0.3, -0.25) is 14.4 Å². The van der Waals surface area contributed by atoms with Gasteiger partial charge >= 0.3 is 0 Å². The van der Waals surface area contributed by atoms with Crippen LogP contribution in [0.25, 0.3) is 0 Å². The van der Waals surface area contributed by atoms with Crippen molar-refractivity contribution in [2.75, 3.05) is 6.54 Å². The van der Waals surface area contributed by atoms with Crippen molar-refractivity contribution >= 4 is 17.6 Å². The van der Waals surface area contributed by atoms with Crippen LogP contribution in [0.1, 0.15) is 45.4 Å². The molecule has 0 radical (unpaired) electrons. The Morgan fingerprint density at radius 1 is 1.40 bits per heavy atom. The van der Waals surface area contributed by atoms with E-state index in [0.29, 0.717) is 19.4 Å². The molecule has 2 amide bonds. The minimum absolute atomic E-state index is 0.134. The lowest BCUT2D eigenvalue weighted by molar-refractivity contribution is -0.144. The third-order valence-electron chi connectivity index (χ3n) is 4.25. The molecule has 112 valence electrons. The summed E-state index contributed by atoms with van der Waals surface area (Å²) in [5.74, 6) is -2.26. The summed E-state index contributed by atoms with van der Waals surface area (Å²) < 4.78 is 0. The van der Waals surface area contributed by atoms with Crippen molar-refractivity contribution in [1.29, 1.82) is 0 Å². The second-order valence-corrected chi connectivity index (χ2v) is 5.82. The summed E-state index contributed by atoms with van der Waals surface area (Å²) in [5.41, 5.74) is 4.48. The van der Waals surface area contributed by atoms with E-state index in [1.807, 2.05) is 6.92 Å². The maximum Gasteiger partial charge on any atom is 0.287 e. The average Bonchev–Trinajstić information content (AvgIpc) is 3.08. The molecule has 1 aliphatic carbocycles. The fraction of sp³-hybridized carbons (Fsp3) is 0.786. The number of nitrogens with two attached hydrogens (primary N) is 1. The molecular weight excluding hydrogens is 258 g/mol. The molecule has 6 heteroatoms. The standard InChI is InChI=1S/C14H23N3O3/c1-2-4-10(11(18)12(19)17-9-5-6-9)14(13(15)20)7-3-8-16-14/h9-10,16H,2-8H2,1H3,(H2,15,20)(H,17,19)/t10-,14?/m1/s1. The molecule has 0 bridgehead atoms. The molecule has 2 atom stereocenters. The van der Waals surface area contributed by atoms with Gasteiger partial charge in [0.25, 0.3) is 5.91 Å². The van der Waals surface area contributed by atoms with Crippen LogP contribution in [0, 0.1) is 5.92 Å². The minimum Gasteiger partial charge on any atom is -0.368 e. The Morgan fingerprint density at radius 2 is 2.10 bits per heavy atom. The van der Waals surface area contributed by atoms with Crippen LogP contribution in [0.3, 0.4) is 0 Å². The van der Waals surface area contributed by atoms with Crippen molar-refractivity contribution < 1.29 is 14.4 Å². The highest BCUT2D eigenvalue weighted by Crippen LogP contribution is 2.32. The first kappa shape index (κ1) is 15.0. The van der Waals surface area contributed by atoms with E-state index in [9.17, 15) is 14.4 Å². The number of carbonyl (C=O) groups excluding carboxylic acids is 3. The predicted octanol–water partition coefficient (Wildman–Crippen LogP) is -0.142. The average molecular weight is 281 g/mol. The number of rotatable bonds is 7. The van der Waals surface area contributed by atoms with Gasteiger partial charge in [0.15, 0.2) is 0 Å². The first-order chi connectivity index (χ1) is 9.51. The number of hydrogen-bond acceptors (Lipinski definition) is 4. The summed E-state index contributed by atoms with van der Waals surface area (Å²) in [7, 11) is 0. The van der Waals surface area contributed by atoms with Gasteiger partial charge < -0.3 is 16.4 Å². The summed E-state index contributed by atoms with van der Waals surface area (Å²) in [4.78, 5) is 36.3. The van der Waals surface area contributed by atoms with E-state index in [1.165, 1.54) is 0 Å². The summed E-state index contributed by atoms with van der Waals surface area (Å²) in [6.07, 6.45) is 4.39. The quantitative estimate of drug-likeness (QED) is 0.565. The van der Waals surface area contributed by atoms with Crippen LogP contribution in [0.5, 0.6) is 0 Å². The number of ketones is 1. The lowest BCUT2D eigenvalue weighted by Gasteiger charge is -2.33. The molecular formula is C14H23N3O3. The molecule has 4 N–H and O–H groups in total. The lowest BCUT2D eigenvalue weighted by Crippen LogP contribution is -2.60. The van der Waals surface area contributed by atoms with Crippen molar-refractivity contribution in [2.24, 2.45) is 11.7 Å². The number of primary amides is 1. The molecule has 2 fully saturated rings. The van der Waals surface area contributed by atoms with Gasteiger partial charge in [0.2, 0.25) is 11.7 Å². The zero-order valence-electron chi connectivity index (χ0n) is 11.9. The highest BCUT2D eigenvalue weighted by molar-refractivity contribution is 6.37. The van der Waals surface area contributed by atoms with E-state index < -0.39 is 29.1 Å². The maximum absolute atomic E-state index is 12.4. The Balaban J connectivity index is 2.17. The van der Waals surface area contributed by atoms with Crippen molar-refractivity contribution in [3.8, 4) is 0 Å². The molecule has 0 aromatic rings. The van der Waals surface area contributed by atoms with Crippen LogP contribution < -0.4 is 16.4 Å². The van der Waals surface area contributed by atoms with Gasteiger partial charge in [-0.05, 0) is 38.6 Å². The summed E-state index contributed by atoms with van der Waals surface area (Å²) in [6.45, 7) is 2.59. The van der Waals surface area contributed by atoms with Crippen molar-refractivity contribution in [3.63, 3.8) is 0 Å². The van der Waals surface area contributed by atoms with E-state index in [2.05, 4.69) is 10.6 Å². The second-order valence-electron chi connectivity index (χ2n) is 5.82. The van der Waals surface area contributed by atoms with Gasteiger partial charge in [-0.15, -0.1) is 0 Å². The maximum atomic E-state index is 12.4. The second kappa shape index (κ2) is 5.91. The summed E-state index contributed by atoms with van der Waals surface area (Å²) >= 11 is 0. The molecule has 1 aliphatic heterocycles. The smallest absolute Gasteiger partial charge is 0.287 e. The van der Waals surface area contributed by atoms with Crippen molar-refractivity contribution in [1.82, 2.24) is 10.6 Å². The number of amides is 2. The molecule has 1 saturated heterocycles. The number of hydrogen-bond donors (Lipinski definition) is 3. The van der Waals surface area contributed by atoms with Crippen LogP contribution in [-0.4, -0.2) is 35.7 Å². The fourth-order valence-corrected chi connectivity index (χ4v) is 2.98. The molecule has 0 aromatic heterocycles. The zero-order valence-corrected chi connectivity index (χ0v) is 11.9. The SMILES string of the molecule is CCC[C@H](C(=O)C(=O)NC1CC1)C1(C(N)=O)CCCN1. The van der Waals surface area contributed by atoms with Gasteiger partial charge in [-0.2, -0.15) is 0 Å². The first-order valence-electron chi connectivity index (χ1n) is 7.41. The molecule has 6 nitrogen and oxygen atoms in total. The van der Waals surface area contributed by atoms with Crippen LogP contribution in [0.2, 0.25) is 0 Å². The Morgan fingerprint density at radius 3 is 2.55 bits per heavy atom. The molecule has 2 aliphatic rings. The highest BCUT2D eigenvalue weighted by atomic mass is 16.2. The summed E-state index contributed by atoms with van der Waals surface area (Å²) in [5, 5.41) is 5.79. The largest absolute Gasteiger partial charge is 0.368 e. The van der Waals surface area contributed by atoms with E-state index >= 15 is 0 Å². The van der Waals surface area contributed by atoms with Gasteiger partial charge in [-0.1, -0.05) is 13.3 Å². The normalized spacial score (nSPS) is 27.1. The molecule has 0 spiro atoms. The Labute approximate surface area is 118 Å². The number of Topliss-reactive ketones (excluding diaryl/α,β-unsaturated/α-hetero) is 1. The first-order valence-corrected chi connectivity index (χ1v) is 7.41. The molecule has 20 heavy (non-hydrogen) atoms. The topological polar surface area (TPSA) is 101 Å². The van der Waals surface area contributed by atoms with E-state index in [-0.39, 0.29) is 6.04 Å². The third kappa shape index (κ3) is 2.85. The van der Waals surface area contributed by atoms with Gasteiger partial charge in [0.1, 0.15) is 5.54 Å². The van der Waals surface area contributed by atoms with Gasteiger partial charge in [0, 0.05) is 6.04 Å². The molecule has 1 heterocycles. The number of carbonyl (C=O) groups is 3. The Bertz CT molecular complexity index is 412. The Hall–Kier alpha value is -1.43. The van der Waals surface area contributed by atoms with Crippen molar-refractivity contribution in [3.05, 3.63) is 0 Å². The molecule has 1 unspecified atom stereocenters. The molecule has 2 rings (SSSR count). The zero-order chi connectivity index (χ0) is 14.8. The van der Waals surface area contributed by atoms with Gasteiger partial charge in [-0.25, -0.2) is 0 Å². The minimum atomic E-state index is -1.05. The van der Waals surface area contributed by atoms with Crippen LogP contribution in [0.4, 0.5) is 0 Å². The third-order valence-corrected chi connectivity index (χ3v) is 4.25. The highest BCUT2D eigenvalue weighted by Gasteiger charge is 2.50. The molecule has 0 aromatic carbocycles. The van der Waals surface area contributed by atoms with Crippen LogP contribution in [-0.2, 0) is 14.4 Å². The lowest BCUT2D eigenvalue weighted by atomic mass is 9.76. The van der Waals surface area contributed by atoms with E-state index in [1.54, 1.807) is 0 Å². The monoisotopic (exact) mass is 281 g/mol. The van der Waals surface area contributed by atoms with E-state index in [4.69, 9.17) is 5.73 Å². The van der Waals surface area contributed by atoms with Crippen molar-refractivity contribution in [2.45, 2.75) is 57.0 Å². The summed E-state index contributed by atoms with van der Waals surface area (Å²) in [6, 6.07) is 0.134. The molecule has 1 saturated carbocycles. The van der Waals surface area contributed by atoms with E-state index in [0.717, 1.165) is 25.7 Å². The van der Waals surface area contributed by atoms with Crippen LogP contribution >= 0.6 is 0 Å². The fourth-order valence-electron chi connectivity index (χ4n) is 2.98. The number of nitrogens with one attached hydrogen (secondary N) is 2. The van der Waals surface area contributed by atoms with Crippen LogP contribution in [0.15, 0.2) is 0 Å². The predicted molar refractivity (Wildman–Crippen MR) is 73.7 cm³/mol. The van der Waals surface area contributed by atoms with Gasteiger partial charge in [0.05, 0.1) is 5.92 Å².